The van der Waals surface area contributed by atoms with Crippen molar-refractivity contribution in [1.82, 2.24) is 0 Å². The standard InChI is InChI=1S/C12H10O3S/c1-9-4-6-10(7-5-9)16(14)11-3-2-8-15-12(11)13/h2-8H,1H3/t16-/m0/s1. The highest BCUT2D eigenvalue weighted by Crippen LogP contribution is 2.13. The second-order valence-electron chi connectivity index (χ2n) is 3.35. The first-order valence-electron chi connectivity index (χ1n) is 4.75. The van der Waals surface area contributed by atoms with Gasteiger partial charge in [0.1, 0.15) is 4.90 Å². The quantitative estimate of drug-likeness (QED) is 0.799. The van der Waals surface area contributed by atoms with Gasteiger partial charge in [0.05, 0.1) is 17.1 Å². The highest BCUT2D eigenvalue weighted by Gasteiger charge is 2.11. The molecular weight excluding hydrogens is 224 g/mol. The lowest BCUT2D eigenvalue weighted by Crippen LogP contribution is -2.08. The predicted molar refractivity (Wildman–Crippen MR) is 60.8 cm³/mol. The maximum atomic E-state index is 12.0. The normalized spacial score (nSPS) is 12.3. The first-order valence-corrected chi connectivity index (χ1v) is 5.90. The van der Waals surface area contributed by atoms with E-state index in [4.69, 9.17) is 0 Å². The summed E-state index contributed by atoms with van der Waals surface area (Å²) in [5, 5.41) is 0. The highest BCUT2D eigenvalue weighted by atomic mass is 32.2. The van der Waals surface area contributed by atoms with Gasteiger partial charge in [-0.05, 0) is 31.2 Å². The molecule has 16 heavy (non-hydrogen) atoms. The average molecular weight is 234 g/mol. The van der Waals surface area contributed by atoms with Gasteiger partial charge in [-0.25, -0.2) is 9.00 Å². The van der Waals surface area contributed by atoms with Gasteiger partial charge < -0.3 is 4.42 Å². The molecule has 0 spiro atoms. The van der Waals surface area contributed by atoms with E-state index in [1.54, 1.807) is 18.2 Å². The lowest BCUT2D eigenvalue weighted by molar-refractivity contribution is 0.493. The van der Waals surface area contributed by atoms with E-state index in [-0.39, 0.29) is 4.90 Å². The SMILES string of the molecule is Cc1ccc([S@](=O)c2cccoc2=O)cc1. The zero-order chi connectivity index (χ0) is 11.5. The highest BCUT2D eigenvalue weighted by molar-refractivity contribution is 7.85. The maximum absolute atomic E-state index is 12.0. The summed E-state index contributed by atoms with van der Waals surface area (Å²) < 4.78 is 16.7. The maximum Gasteiger partial charge on any atom is 0.352 e. The van der Waals surface area contributed by atoms with Crippen molar-refractivity contribution in [2.24, 2.45) is 0 Å². The molecule has 0 aliphatic heterocycles. The van der Waals surface area contributed by atoms with E-state index in [2.05, 4.69) is 4.42 Å². The molecule has 0 bridgehead atoms. The molecule has 1 atom stereocenters. The third-order valence-electron chi connectivity index (χ3n) is 2.14. The Kier molecular flexibility index (Phi) is 3.01. The van der Waals surface area contributed by atoms with Crippen LogP contribution in [0.5, 0.6) is 0 Å². The van der Waals surface area contributed by atoms with Crippen LogP contribution < -0.4 is 5.63 Å². The third kappa shape index (κ3) is 2.12. The van der Waals surface area contributed by atoms with Crippen LogP contribution in [0.2, 0.25) is 0 Å². The summed E-state index contributed by atoms with van der Waals surface area (Å²) in [6.45, 7) is 1.95. The van der Waals surface area contributed by atoms with E-state index in [0.29, 0.717) is 4.90 Å². The van der Waals surface area contributed by atoms with E-state index in [9.17, 15) is 9.00 Å². The van der Waals surface area contributed by atoms with E-state index in [1.807, 2.05) is 19.1 Å². The van der Waals surface area contributed by atoms with Crippen LogP contribution in [0.15, 0.2) is 61.7 Å². The molecule has 0 radical (unpaired) electrons. The lowest BCUT2D eigenvalue weighted by atomic mass is 10.2. The fourth-order valence-corrected chi connectivity index (χ4v) is 2.32. The molecule has 1 heterocycles. The molecule has 0 aliphatic rings. The van der Waals surface area contributed by atoms with Crippen molar-refractivity contribution in [3.05, 3.63) is 58.6 Å². The summed E-state index contributed by atoms with van der Waals surface area (Å²) in [5.41, 5.74) is 0.530. The van der Waals surface area contributed by atoms with Crippen LogP contribution in [0.3, 0.4) is 0 Å². The van der Waals surface area contributed by atoms with Crippen molar-refractivity contribution in [3.63, 3.8) is 0 Å². The summed E-state index contributed by atoms with van der Waals surface area (Å²) in [5.74, 6) is 0. The minimum absolute atomic E-state index is 0.173. The molecule has 0 unspecified atom stereocenters. The average Bonchev–Trinajstić information content (AvgIpc) is 2.30. The zero-order valence-electron chi connectivity index (χ0n) is 8.67. The van der Waals surface area contributed by atoms with Crippen molar-refractivity contribution in [1.29, 1.82) is 0 Å². The molecule has 4 heteroatoms. The van der Waals surface area contributed by atoms with Crippen molar-refractivity contribution in [2.75, 3.05) is 0 Å². The Morgan fingerprint density at radius 1 is 1.12 bits per heavy atom. The summed E-state index contributed by atoms with van der Waals surface area (Å²) in [6, 6.07) is 10.3. The van der Waals surface area contributed by atoms with Gasteiger partial charge >= 0.3 is 5.63 Å². The van der Waals surface area contributed by atoms with Crippen molar-refractivity contribution < 1.29 is 8.63 Å². The number of rotatable bonds is 2. The predicted octanol–water partition coefficient (Wildman–Crippen LogP) is 2.11. The minimum atomic E-state index is -1.47. The van der Waals surface area contributed by atoms with Gasteiger partial charge in [-0.2, -0.15) is 0 Å². The molecule has 1 aromatic carbocycles. The van der Waals surface area contributed by atoms with E-state index in [0.717, 1.165) is 5.56 Å². The molecule has 0 aliphatic carbocycles. The molecule has 0 N–H and O–H groups in total. The molecule has 3 nitrogen and oxygen atoms in total. The van der Waals surface area contributed by atoms with Crippen LogP contribution in [0.1, 0.15) is 5.56 Å². The summed E-state index contributed by atoms with van der Waals surface area (Å²) in [6.07, 6.45) is 1.28. The van der Waals surface area contributed by atoms with E-state index < -0.39 is 16.4 Å². The van der Waals surface area contributed by atoms with Crippen LogP contribution in [0, 0.1) is 6.92 Å². The Morgan fingerprint density at radius 3 is 2.44 bits per heavy atom. The topological polar surface area (TPSA) is 47.3 Å². The Bertz CT molecular complexity index is 569. The van der Waals surface area contributed by atoms with Crippen LogP contribution in [-0.4, -0.2) is 4.21 Å². The first kappa shape index (κ1) is 10.8. The fraction of sp³-hybridized carbons (Fsp3) is 0.0833. The van der Waals surface area contributed by atoms with Gasteiger partial charge in [-0.1, -0.05) is 17.7 Å². The number of benzene rings is 1. The summed E-state index contributed by atoms with van der Waals surface area (Å²) in [4.78, 5) is 12.1. The van der Waals surface area contributed by atoms with Gasteiger partial charge in [0.25, 0.3) is 0 Å². The largest absolute Gasteiger partial charge is 0.430 e. The van der Waals surface area contributed by atoms with Crippen molar-refractivity contribution in [3.8, 4) is 0 Å². The second kappa shape index (κ2) is 4.45. The molecule has 82 valence electrons. The van der Waals surface area contributed by atoms with Crippen LogP contribution in [-0.2, 0) is 10.8 Å². The molecule has 1 aromatic heterocycles. The van der Waals surface area contributed by atoms with E-state index >= 15 is 0 Å². The minimum Gasteiger partial charge on any atom is -0.430 e. The molecule has 0 saturated heterocycles. The molecular formula is C12H10O3S. The Hall–Kier alpha value is -1.68. The first-order chi connectivity index (χ1) is 7.68. The van der Waals surface area contributed by atoms with Gasteiger partial charge in [0, 0.05) is 4.90 Å². The molecule has 0 fully saturated rings. The van der Waals surface area contributed by atoms with E-state index in [1.165, 1.54) is 12.3 Å². The van der Waals surface area contributed by atoms with Crippen molar-refractivity contribution >= 4 is 10.8 Å². The zero-order valence-corrected chi connectivity index (χ0v) is 9.49. The Morgan fingerprint density at radius 2 is 1.81 bits per heavy atom. The molecule has 0 saturated carbocycles. The lowest BCUT2D eigenvalue weighted by Gasteiger charge is -2.00. The molecule has 2 aromatic rings. The molecule has 2 rings (SSSR count). The monoisotopic (exact) mass is 234 g/mol. The second-order valence-corrected chi connectivity index (χ2v) is 4.80. The van der Waals surface area contributed by atoms with Gasteiger partial charge in [0.2, 0.25) is 0 Å². The summed E-state index contributed by atoms with van der Waals surface area (Å²) in [7, 11) is -1.47. The van der Waals surface area contributed by atoms with Gasteiger partial charge in [-0.3, -0.25) is 0 Å². The van der Waals surface area contributed by atoms with Gasteiger partial charge in [-0.15, -0.1) is 0 Å². The van der Waals surface area contributed by atoms with Gasteiger partial charge in [0.15, 0.2) is 0 Å². The van der Waals surface area contributed by atoms with Crippen LogP contribution in [0.25, 0.3) is 0 Å². The Balaban J connectivity index is 2.44. The van der Waals surface area contributed by atoms with Crippen LogP contribution in [0.4, 0.5) is 0 Å². The number of hydrogen-bond acceptors (Lipinski definition) is 3. The summed E-state index contributed by atoms with van der Waals surface area (Å²) >= 11 is 0. The number of hydrogen-bond donors (Lipinski definition) is 0. The van der Waals surface area contributed by atoms with Crippen LogP contribution >= 0.6 is 0 Å². The Labute approximate surface area is 95.2 Å². The fourth-order valence-electron chi connectivity index (χ4n) is 1.28. The molecule has 0 amide bonds. The smallest absolute Gasteiger partial charge is 0.352 e. The third-order valence-corrected chi connectivity index (χ3v) is 3.54. The number of aryl methyl sites for hydroxylation is 1. The van der Waals surface area contributed by atoms with Crippen molar-refractivity contribution in [2.45, 2.75) is 16.7 Å².